The SMILES string of the molecule is C=C(C)[C@@H]1CC[C@]2(C(=O)O)CC[C@]3(C)[C@H](CC[C@@H]4[C@@]5(C)CC[C@H](O)[C@@](C)(COC(=O)c6ccc(F)cc6)[C@@H]5CC[C@]43C)[C@@H]12. The number of carbonyl (C=O) groups excluding carboxylic acids is 1. The van der Waals surface area contributed by atoms with Crippen molar-refractivity contribution in [3.05, 3.63) is 47.8 Å². The zero-order valence-corrected chi connectivity index (χ0v) is 26.8. The van der Waals surface area contributed by atoms with Crippen LogP contribution in [0.4, 0.5) is 4.39 Å². The molecule has 11 atom stereocenters. The summed E-state index contributed by atoms with van der Waals surface area (Å²) in [4.78, 5) is 25.8. The lowest BCUT2D eigenvalue weighted by Crippen LogP contribution is -2.67. The Bertz CT molecular complexity index is 1310. The molecule has 5 saturated carbocycles. The average Bonchev–Trinajstić information content (AvgIpc) is 3.36. The molecule has 0 heterocycles. The third kappa shape index (κ3) is 4.17. The molecule has 0 amide bonds. The Morgan fingerprint density at radius 2 is 1.60 bits per heavy atom. The number of rotatable bonds is 5. The van der Waals surface area contributed by atoms with E-state index in [2.05, 4.69) is 41.2 Å². The van der Waals surface area contributed by atoms with Gasteiger partial charge in [-0.05, 0) is 141 Å². The number of aliphatic hydroxyl groups excluding tert-OH is 1. The van der Waals surface area contributed by atoms with Gasteiger partial charge in [0.05, 0.1) is 23.7 Å². The van der Waals surface area contributed by atoms with E-state index in [4.69, 9.17) is 4.74 Å². The Kier molecular flexibility index (Phi) is 7.27. The van der Waals surface area contributed by atoms with Crippen LogP contribution in [-0.2, 0) is 9.53 Å². The van der Waals surface area contributed by atoms with Crippen molar-refractivity contribution in [2.24, 2.45) is 56.7 Å². The summed E-state index contributed by atoms with van der Waals surface area (Å²) >= 11 is 0. The van der Waals surface area contributed by atoms with Crippen molar-refractivity contribution in [2.45, 2.75) is 105 Å². The van der Waals surface area contributed by atoms with E-state index in [1.54, 1.807) is 0 Å². The maximum atomic E-state index is 13.4. The van der Waals surface area contributed by atoms with Crippen LogP contribution in [0.2, 0.25) is 0 Å². The Morgan fingerprint density at radius 1 is 0.907 bits per heavy atom. The second kappa shape index (κ2) is 10.2. The van der Waals surface area contributed by atoms with Gasteiger partial charge < -0.3 is 14.9 Å². The number of aliphatic hydroxyl groups is 1. The summed E-state index contributed by atoms with van der Waals surface area (Å²) in [6, 6.07) is 5.41. The van der Waals surface area contributed by atoms with E-state index in [0.29, 0.717) is 23.8 Å². The fourth-order valence-corrected chi connectivity index (χ4v) is 12.4. The van der Waals surface area contributed by atoms with Crippen LogP contribution >= 0.6 is 0 Å². The van der Waals surface area contributed by atoms with Crippen molar-refractivity contribution in [3.8, 4) is 0 Å². The average molecular weight is 595 g/mol. The van der Waals surface area contributed by atoms with Crippen molar-refractivity contribution in [2.75, 3.05) is 6.61 Å². The summed E-state index contributed by atoms with van der Waals surface area (Å²) in [7, 11) is 0. The molecule has 236 valence electrons. The van der Waals surface area contributed by atoms with E-state index in [1.807, 2.05) is 0 Å². The van der Waals surface area contributed by atoms with Crippen molar-refractivity contribution in [1.82, 2.24) is 0 Å². The first-order valence-electron chi connectivity index (χ1n) is 16.6. The van der Waals surface area contributed by atoms with Crippen LogP contribution in [-0.4, -0.2) is 34.9 Å². The van der Waals surface area contributed by atoms with Crippen LogP contribution in [0.3, 0.4) is 0 Å². The number of ether oxygens (including phenoxy) is 1. The molecular weight excluding hydrogens is 543 g/mol. The Labute approximate surface area is 256 Å². The van der Waals surface area contributed by atoms with Gasteiger partial charge in [0.2, 0.25) is 0 Å². The monoisotopic (exact) mass is 594 g/mol. The summed E-state index contributed by atoms with van der Waals surface area (Å²) in [5.41, 5.74) is 0.322. The fraction of sp³-hybridized carbons (Fsp3) is 0.730. The van der Waals surface area contributed by atoms with Crippen molar-refractivity contribution < 1.29 is 28.9 Å². The molecule has 0 saturated heterocycles. The Morgan fingerprint density at radius 3 is 2.26 bits per heavy atom. The smallest absolute Gasteiger partial charge is 0.338 e. The predicted octanol–water partition coefficient (Wildman–Crippen LogP) is 8.07. The molecule has 5 aliphatic carbocycles. The van der Waals surface area contributed by atoms with Gasteiger partial charge in [0.1, 0.15) is 5.82 Å². The highest BCUT2D eigenvalue weighted by atomic mass is 19.1. The first-order chi connectivity index (χ1) is 20.1. The predicted molar refractivity (Wildman–Crippen MR) is 164 cm³/mol. The molecule has 43 heavy (non-hydrogen) atoms. The molecule has 0 unspecified atom stereocenters. The first-order valence-corrected chi connectivity index (χ1v) is 16.6. The summed E-state index contributed by atoms with van der Waals surface area (Å²) in [5.74, 6) is -0.0577. The molecule has 0 aliphatic heterocycles. The van der Waals surface area contributed by atoms with Crippen molar-refractivity contribution in [1.29, 1.82) is 0 Å². The number of hydrogen-bond donors (Lipinski definition) is 2. The summed E-state index contributed by atoms with van der Waals surface area (Å²) in [5, 5.41) is 22.1. The zero-order chi connectivity index (χ0) is 31.2. The number of fused-ring (bicyclic) bond motifs is 7. The second-order valence-corrected chi connectivity index (χ2v) is 16.3. The minimum atomic E-state index is -0.625. The second-order valence-electron chi connectivity index (χ2n) is 16.3. The number of benzene rings is 1. The minimum absolute atomic E-state index is 0.0258. The third-order valence-corrected chi connectivity index (χ3v) is 14.9. The van der Waals surface area contributed by atoms with E-state index in [1.165, 1.54) is 24.3 Å². The van der Waals surface area contributed by atoms with Crippen molar-refractivity contribution >= 4 is 11.9 Å². The molecule has 5 nitrogen and oxygen atoms in total. The van der Waals surface area contributed by atoms with E-state index < -0.39 is 34.7 Å². The summed E-state index contributed by atoms with van der Waals surface area (Å²) in [6.45, 7) is 16.1. The lowest BCUT2D eigenvalue weighted by Gasteiger charge is -2.72. The maximum Gasteiger partial charge on any atom is 0.338 e. The van der Waals surface area contributed by atoms with Crippen LogP contribution in [0, 0.1) is 62.5 Å². The van der Waals surface area contributed by atoms with Crippen LogP contribution in [0.15, 0.2) is 36.4 Å². The lowest BCUT2D eigenvalue weighted by atomic mass is 9.32. The van der Waals surface area contributed by atoms with Gasteiger partial charge in [-0.2, -0.15) is 0 Å². The van der Waals surface area contributed by atoms with Gasteiger partial charge in [-0.25, -0.2) is 9.18 Å². The molecule has 5 aliphatic rings. The van der Waals surface area contributed by atoms with E-state index >= 15 is 0 Å². The largest absolute Gasteiger partial charge is 0.481 e. The molecule has 6 heteroatoms. The summed E-state index contributed by atoms with van der Waals surface area (Å²) < 4.78 is 19.3. The maximum absolute atomic E-state index is 13.4. The number of carboxylic acids is 1. The first kappa shape index (κ1) is 30.8. The van der Waals surface area contributed by atoms with Gasteiger partial charge in [0.25, 0.3) is 0 Å². The Balaban J connectivity index is 1.30. The highest BCUT2D eigenvalue weighted by Crippen LogP contribution is 2.77. The molecule has 0 radical (unpaired) electrons. The number of aliphatic carboxylic acids is 1. The number of esters is 1. The van der Waals surface area contributed by atoms with Gasteiger partial charge >= 0.3 is 11.9 Å². The van der Waals surface area contributed by atoms with E-state index in [9.17, 15) is 24.2 Å². The van der Waals surface area contributed by atoms with Crippen LogP contribution in [0.25, 0.3) is 0 Å². The standard InChI is InChI=1S/C37H51FO5/c1-22(2)25-13-18-37(32(41)42)20-19-35(5)26(30(25)37)11-12-28-33(3)16-15-29(39)34(4,27(33)14-17-36(28,35)6)21-43-31(40)23-7-9-24(38)10-8-23/h7-10,25-30,39H,1,11-21H2,2-6H3,(H,41,42)/t25-,26+,27+,28+,29-,30+,33-,34-,35+,36+,37-/m0/s1. The summed E-state index contributed by atoms with van der Waals surface area (Å²) in [6.07, 6.45) is 8.55. The molecular formula is C37H51FO5. The third-order valence-electron chi connectivity index (χ3n) is 14.9. The minimum Gasteiger partial charge on any atom is -0.481 e. The quantitative estimate of drug-likeness (QED) is 0.266. The van der Waals surface area contributed by atoms with E-state index in [-0.39, 0.29) is 40.6 Å². The number of halogens is 1. The normalized spacial score (nSPS) is 47.0. The number of carbonyl (C=O) groups is 2. The molecule has 0 aromatic heterocycles. The molecule has 2 N–H and O–H groups in total. The molecule has 0 spiro atoms. The van der Waals surface area contributed by atoms with Crippen molar-refractivity contribution in [3.63, 3.8) is 0 Å². The number of hydrogen-bond acceptors (Lipinski definition) is 4. The molecule has 6 rings (SSSR count). The van der Waals surface area contributed by atoms with E-state index in [0.717, 1.165) is 63.4 Å². The lowest BCUT2D eigenvalue weighted by molar-refractivity contribution is -0.254. The van der Waals surface area contributed by atoms with Crippen LogP contribution in [0.1, 0.15) is 109 Å². The van der Waals surface area contributed by atoms with Gasteiger partial charge in [-0.3, -0.25) is 4.79 Å². The zero-order valence-electron chi connectivity index (χ0n) is 26.8. The molecule has 1 aromatic carbocycles. The Hall–Kier alpha value is -2.21. The highest BCUT2D eigenvalue weighted by Gasteiger charge is 2.72. The molecule has 1 aromatic rings. The highest BCUT2D eigenvalue weighted by molar-refractivity contribution is 5.89. The topological polar surface area (TPSA) is 83.8 Å². The molecule has 0 bridgehead atoms. The van der Waals surface area contributed by atoms with Gasteiger partial charge in [0, 0.05) is 5.41 Å². The van der Waals surface area contributed by atoms with Gasteiger partial charge in [0.15, 0.2) is 0 Å². The fourth-order valence-electron chi connectivity index (χ4n) is 12.4. The molecule has 5 fully saturated rings. The number of allylic oxidation sites excluding steroid dienone is 1. The van der Waals surface area contributed by atoms with Crippen LogP contribution in [0.5, 0.6) is 0 Å². The van der Waals surface area contributed by atoms with Gasteiger partial charge in [-0.1, -0.05) is 39.8 Å². The van der Waals surface area contributed by atoms with Gasteiger partial charge in [-0.15, -0.1) is 0 Å². The number of carboxylic acid groups (broad SMARTS) is 1. The van der Waals surface area contributed by atoms with Crippen LogP contribution < -0.4 is 0 Å².